The predicted octanol–water partition coefficient (Wildman–Crippen LogP) is 2.27. The van der Waals surface area contributed by atoms with E-state index in [0.29, 0.717) is 12.6 Å². The summed E-state index contributed by atoms with van der Waals surface area (Å²) in [7, 11) is 1.64. The third-order valence-corrected chi connectivity index (χ3v) is 4.36. The zero-order valence-corrected chi connectivity index (χ0v) is 13.1. The van der Waals surface area contributed by atoms with Gasteiger partial charge >= 0.3 is 0 Å². The maximum atomic E-state index is 10.6. The molecule has 1 aliphatic heterocycles. The molecule has 1 aromatic rings. The smallest absolute Gasteiger partial charge is 0.124 e. The lowest BCUT2D eigenvalue weighted by Crippen LogP contribution is -2.42. The molecule has 2 N–H and O–H groups in total. The van der Waals surface area contributed by atoms with Crippen molar-refractivity contribution in [2.24, 2.45) is 0 Å². The fraction of sp³-hybridized carbons (Fsp3) is 0.647. The highest BCUT2D eigenvalue weighted by Gasteiger charge is 2.25. The first kappa shape index (κ1) is 16.3. The molecular formula is C17H27NO3. The summed E-state index contributed by atoms with van der Waals surface area (Å²) in [6, 6.07) is 6.28. The summed E-state index contributed by atoms with van der Waals surface area (Å²) in [4.78, 5) is 2.31. The Bertz CT molecular complexity index is 448. The number of hydrogen-bond donors (Lipinski definition) is 2. The molecule has 0 bridgehead atoms. The molecule has 118 valence electrons. The Labute approximate surface area is 127 Å². The summed E-state index contributed by atoms with van der Waals surface area (Å²) in [5.41, 5.74) is 1.97. The SMILES string of the molecule is COc1ccc(C)cc1C(O)CN1CCCCC1CCO. The standard InChI is InChI=1S/C17H27NO3/c1-13-6-7-17(21-2)15(11-13)16(20)12-18-9-4-3-5-14(18)8-10-19/h6-7,11,14,16,19-20H,3-5,8-10,12H2,1-2H3. The van der Waals surface area contributed by atoms with Gasteiger partial charge in [-0.25, -0.2) is 0 Å². The first-order valence-electron chi connectivity index (χ1n) is 7.83. The van der Waals surface area contributed by atoms with E-state index in [9.17, 15) is 10.2 Å². The molecule has 21 heavy (non-hydrogen) atoms. The molecular weight excluding hydrogens is 266 g/mol. The van der Waals surface area contributed by atoms with Gasteiger partial charge in [-0.3, -0.25) is 4.90 Å². The number of ether oxygens (including phenoxy) is 1. The molecule has 2 unspecified atom stereocenters. The molecule has 4 nitrogen and oxygen atoms in total. The first-order chi connectivity index (χ1) is 10.2. The maximum absolute atomic E-state index is 10.6. The summed E-state index contributed by atoms with van der Waals surface area (Å²) in [5, 5.41) is 19.8. The van der Waals surface area contributed by atoms with Crippen molar-refractivity contribution in [1.82, 2.24) is 4.90 Å². The van der Waals surface area contributed by atoms with Crippen LogP contribution in [0.3, 0.4) is 0 Å². The van der Waals surface area contributed by atoms with Crippen LogP contribution in [0.4, 0.5) is 0 Å². The van der Waals surface area contributed by atoms with Gasteiger partial charge < -0.3 is 14.9 Å². The third kappa shape index (κ3) is 4.19. The number of aliphatic hydroxyl groups excluding tert-OH is 2. The number of hydrogen-bond acceptors (Lipinski definition) is 4. The van der Waals surface area contributed by atoms with Crippen molar-refractivity contribution in [2.75, 3.05) is 26.8 Å². The molecule has 1 fully saturated rings. The second-order valence-electron chi connectivity index (χ2n) is 5.92. The average molecular weight is 293 g/mol. The van der Waals surface area contributed by atoms with Gasteiger partial charge in [0.15, 0.2) is 0 Å². The quantitative estimate of drug-likeness (QED) is 0.845. The van der Waals surface area contributed by atoms with Gasteiger partial charge in [0.25, 0.3) is 0 Å². The fourth-order valence-corrected chi connectivity index (χ4v) is 3.21. The average Bonchev–Trinajstić information content (AvgIpc) is 2.49. The Hall–Kier alpha value is -1.10. The van der Waals surface area contributed by atoms with E-state index in [0.717, 1.165) is 36.3 Å². The van der Waals surface area contributed by atoms with Crippen LogP contribution in [-0.2, 0) is 0 Å². The van der Waals surface area contributed by atoms with Crippen LogP contribution < -0.4 is 4.74 Å². The van der Waals surface area contributed by atoms with E-state index >= 15 is 0 Å². The Balaban J connectivity index is 2.09. The number of β-amino-alcohol motifs (C(OH)–C–C–N with tert-alkyl or cyclic N) is 1. The second-order valence-corrected chi connectivity index (χ2v) is 5.92. The van der Waals surface area contributed by atoms with Crippen molar-refractivity contribution in [1.29, 1.82) is 0 Å². The Morgan fingerprint density at radius 3 is 2.90 bits per heavy atom. The number of aryl methyl sites for hydroxylation is 1. The number of piperidine rings is 1. The van der Waals surface area contributed by atoms with Crippen molar-refractivity contribution in [3.8, 4) is 5.75 Å². The molecule has 0 amide bonds. The largest absolute Gasteiger partial charge is 0.496 e. The number of benzene rings is 1. The van der Waals surface area contributed by atoms with Crippen LogP contribution in [-0.4, -0.2) is 48.0 Å². The molecule has 2 rings (SSSR count). The molecule has 4 heteroatoms. The van der Waals surface area contributed by atoms with Gasteiger partial charge in [0.2, 0.25) is 0 Å². The van der Waals surface area contributed by atoms with Crippen molar-refractivity contribution in [2.45, 2.75) is 44.8 Å². The molecule has 0 aliphatic carbocycles. The predicted molar refractivity (Wildman–Crippen MR) is 83.6 cm³/mol. The van der Waals surface area contributed by atoms with Crippen molar-refractivity contribution in [3.63, 3.8) is 0 Å². The topological polar surface area (TPSA) is 52.9 Å². The van der Waals surface area contributed by atoms with E-state index in [1.165, 1.54) is 12.8 Å². The summed E-state index contributed by atoms with van der Waals surface area (Å²) in [6.45, 7) is 3.83. The minimum absolute atomic E-state index is 0.213. The van der Waals surface area contributed by atoms with E-state index in [-0.39, 0.29) is 6.61 Å². The van der Waals surface area contributed by atoms with Gasteiger partial charge in [0.1, 0.15) is 5.75 Å². The minimum atomic E-state index is -0.556. The lowest BCUT2D eigenvalue weighted by atomic mass is 9.97. The van der Waals surface area contributed by atoms with Crippen LogP contribution in [0.1, 0.15) is 42.9 Å². The highest BCUT2D eigenvalue weighted by molar-refractivity contribution is 5.38. The van der Waals surface area contributed by atoms with Crippen LogP contribution in [0.5, 0.6) is 5.75 Å². The van der Waals surface area contributed by atoms with Crippen LogP contribution in [0.2, 0.25) is 0 Å². The van der Waals surface area contributed by atoms with E-state index in [1.807, 2.05) is 25.1 Å². The zero-order valence-electron chi connectivity index (χ0n) is 13.1. The summed E-state index contributed by atoms with van der Waals surface area (Å²) < 4.78 is 5.37. The van der Waals surface area contributed by atoms with Gasteiger partial charge in [0.05, 0.1) is 13.2 Å². The van der Waals surface area contributed by atoms with Gasteiger partial charge in [-0.1, -0.05) is 18.1 Å². The number of rotatable bonds is 6. The number of methoxy groups -OCH3 is 1. The Kier molecular flexibility index (Phi) is 6.03. The third-order valence-electron chi connectivity index (χ3n) is 4.36. The molecule has 1 heterocycles. The van der Waals surface area contributed by atoms with Crippen molar-refractivity contribution in [3.05, 3.63) is 29.3 Å². The first-order valence-corrected chi connectivity index (χ1v) is 7.83. The Morgan fingerprint density at radius 1 is 1.38 bits per heavy atom. The van der Waals surface area contributed by atoms with Crippen LogP contribution >= 0.6 is 0 Å². The van der Waals surface area contributed by atoms with Crippen molar-refractivity contribution >= 4 is 0 Å². The fourth-order valence-electron chi connectivity index (χ4n) is 3.21. The lowest BCUT2D eigenvalue weighted by Gasteiger charge is -2.37. The summed E-state index contributed by atoms with van der Waals surface area (Å²) in [6.07, 6.45) is 3.72. The lowest BCUT2D eigenvalue weighted by molar-refractivity contribution is 0.0554. The minimum Gasteiger partial charge on any atom is -0.496 e. The highest BCUT2D eigenvalue weighted by atomic mass is 16.5. The van der Waals surface area contributed by atoms with Crippen LogP contribution in [0.25, 0.3) is 0 Å². The summed E-state index contributed by atoms with van der Waals surface area (Å²) in [5.74, 6) is 0.740. The molecule has 0 aromatic heterocycles. The van der Waals surface area contributed by atoms with E-state index in [1.54, 1.807) is 7.11 Å². The normalized spacial score (nSPS) is 21.2. The number of likely N-dealkylation sites (tertiary alicyclic amines) is 1. The molecule has 0 saturated carbocycles. The molecule has 1 aliphatic rings. The molecule has 0 radical (unpaired) electrons. The molecule has 1 saturated heterocycles. The highest BCUT2D eigenvalue weighted by Crippen LogP contribution is 2.29. The van der Waals surface area contributed by atoms with E-state index in [2.05, 4.69) is 4.90 Å². The monoisotopic (exact) mass is 293 g/mol. The number of nitrogens with zero attached hydrogens (tertiary/aromatic N) is 1. The Morgan fingerprint density at radius 2 is 2.19 bits per heavy atom. The molecule has 2 atom stereocenters. The van der Waals surface area contributed by atoms with Crippen molar-refractivity contribution < 1.29 is 14.9 Å². The molecule has 1 aromatic carbocycles. The zero-order chi connectivity index (χ0) is 15.2. The van der Waals surface area contributed by atoms with Crippen LogP contribution in [0.15, 0.2) is 18.2 Å². The maximum Gasteiger partial charge on any atom is 0.124 e. The van der Waals surface area contributed by atoms with E-state index in [4.69, 9.17) is 4.74 Å². The summed E-state index contributed by atoms with van der Waals surface area (Å²) >= 11 is 0. The van der Waals surface area contributed by atoms with E-state index < -0.39 is 6.10 Å². The number of aliphatic hydroxyl groups is 2. The van der Waals surface area contributed by atoms with Gasteiger partial charge in [-0.15, -0.1) is 0 Å². The van der Waals surface area contributed by atoms with Gasteiger partial charge in [-0.2, -0.15) is 0 Å². The van der Waals surface area contributed by atoms with Gasteiger partial charge in [-0.05, 0) is 44.9 Å². The van der Waals surface area contributed by atoms with Gasteiger partial charge in [0, 0.05) is 24.8 Å². The second kappa shape index (κ2) is 7.78. The van der Waals surface area contributed by atoms with Crippen LogP contribution in [0, 0.1) is 6.92 Å². The molecule has 0 spiro atoms.